The normalized spacial score (nSPS) is 11.4. The first-order valence-electron chi connectivity index (χ1n) is 9.75. The second-order valence-corrected chi connectivity index (χ2v) is 7.79. The predicted molar refractivity (Wildman–Crippen MR) is 117 cm³/mol. The van der Waals surface area contributed by atoms with E-state index < -0.39 is 12.3 Å². The molecule has 0 radical (unpaired) electrons. The van der Waals surface area contributed by atoms with Crippen LogP contribution < -0.4 is 5.32 Å². The number of hydrogen-bond acceptors (Lipinski definition) is 4. The molecule has 0 fully saturated rings. The molecule has 0 aliphatic carbocycles. The minimum atomic E-state index is -2.78. The third kappa shape index (κ3) is 4.31. The van der Waals surface area contributed by atoms with Crippen molar-refractivity contribution >= 4 is 34.8 Å². The van der Waals surface area contributed by atoms with Crippen LogP contribution in [0.1, 0.15) is 34.6 Å². The van der Waals surface area contributed by atoms with Gasteiger partial charge in [0.1, 0.15) is 21.4 Å². The van der Waals surface area contributed by atoms with Crippen LogP contribution in [-0.4, -0.2) is 36.8 Å². The molecule has 166 valence electrons. The summed E-state index contributed by atoms with van der Waals surface area (Å²) in [5.41, 5.74) is 1.46. The summed E-state index contributed by atoms with van der Waals surface area (Å²) >= 11 is 12.1. The zero-order valence-electron chi connectivity index (χ0n) is 16.9. The number of halogens is 4. The van der Waals surface area contributed by atoms with Crippen LogP contribution in [0.15, 0.2) is 42.6 Å². The number of fused-ring (bicyclic) bond motifs is 1. The minimum Gasteiger partial charge on any atom is -0.352 e. The number of carbonyl (C=O) groups is 1. The van der Waals surface area contributed by atoms with Gasteiger partial charge in [-0.15, -0.1) is 0 Å². The van der Waals surface area contributed by atoms with Crippen molar-refractivity contribution in [2.45, 2.75) is 26.3 Å². The van der Waals surface area contributed by atoms with Gasteiger partial charge >= 0.3 is 0 Å². The highest BCUT2D eigenvalue weighted by Crippen LogP contribution is 2.27. The third-order valence-corrected chi connectivity index (χ3v) is 5.80. The fourth-order valence-corrected chi connectivity index (χ4v) is 3.66. The molecule has 32 heavy (non-hydrogen) atoms. The van der Waals surface area contributed by atoms with Gasteiger partial charge in [0.05, 0.1) is 17.6 Å². The molecule has 3 heterocycles. The van der Waals surface area contributed by atoms with Crippen LogP contribution in [0.3, 0.4) is 0 Å². The van der Waals surface area contributed by atoms with Gasteiger partial charge in [-0.3, -0.25) is 9.48 Å². The number of aromatic nitrogens is 5. The highest BCUT2D eigenvalue weighted by atomic mass is 35.5. The molecule has 0 atom stereocenters. The molecule has 1 N–H and O–H groups in total. The number of amides is 1. The van der Waals surface area contributed by atoms with E-state index in [0.717, 1.165) is 4.52 Å². The largest absolute Gasteiger partial charge is 0.352 e. The molecule has 0 spiro atoms. The molecule has 3 aromatic heterocycles. The summed E-state index contributed by atoms with van der Waals surface area (Å²) in [5.74, 6) is -0.460. The number of aryl methyl sites for hydroxylation is 2. The first kappa shape index (κ1) is 22.2. The van der Waals surface area contributed by atoms with E-state index >= 15 is 0 Å². The molecule has 0 bridgehead atoms. The van der Waals surface area contributed by atoms with Crippen molar-refractivity contribution in [1.29, 1.82) is 0 Å². The topological polar surface area (TPSA) is 77.1 Å². The van der Waals surface area contributed by atoms with Crippen LogP contribution in [0.4, 0.5) is 8.78 Å². The van der Waals surface area contributed by atoms with Gasteiger partial charge in [-0.1, -0.05) is 53.5 Å². The molecule has 1 amide bonds. The van der Waals surface area contributed by atoms with Gasteiger partial charge in [-0.25, -0.2) is 18.3 Å². The molecule has 0 unspecified atom stereocenters. The van der Waals surface area contributed by atoms with Crippen LogP contribution in [0.2, 0.25) is 10.2 Å². The summed E-state index contributed by atoms with van der Waals surface area (Å²) in [4.78, 5) is 17.2. The van der Waals surface area contributed by atoms with Gasteiger partial charge < -0.3 is 5.32 Å². The maximum Gasteiger partial charge on any atom is 0.280 e. The number of hydrogen-bond donors (Lipinski definition) is 1. The molecule has 4 aromatic rings. The van der Waals surface area contributed by atoms with Crippen molar-refractivity contribution in [2.75, 3.05) is 6.54 Å². The lowest BCUT2D eigenvalue weighted by Crippen LogP contribution is -2.25. The van der Waals surface area contributed by atoms with E-state index in [1.165, 1.54) is 12.3 Å². The Bertz CT molecular complexity index is 1270. The highest BCUT2D eigenvalue weighted by Gasteiger charge is 2.21. The Kier molecular flexibility index (Phi) is 6.38. The summed E-state index contributed by atoms with van der Waals surface area (Å²) in [6.45, 7) is 2.51. The summed E-state index contributed by atoms with van der Waals surface area (Å²) in [6.07, 6.45) is -1.01. The Hall–Kier alpha value is -3.04. The van der Waals surface area contributed by atoms with Crippen molar-refractivity contribution in [3.05, 3.63) is 69.7 Å². The molecular weight excluding hydrogens is 461 g/mol. The summed E-state index contributed by atoms with van der Waals surface area (Å²) in [7, 11) is 0. The van der Waals surface area contributed by atoms with Crippen LogP contribution in [0.25, 0.3) is 16.9 Å². The number of nitrogens with one attached hydrogen (secondary N) is 1. The number of alkyl halides is 2. The Morgan fingerprint density at radius 1 is 1.22 bits per heavy atom. The van der Waals surface area contributed by atoms with Crippen molar-refractivity contribution in [3.63, 3.8) is 0 Å². The van der Waals surface area contributed by atoms with Crippen LogP contribution in [0, 0.1) is 6.92 Å². The van der Waals surface area contributed by atoms with Gasteiger partial charge in [0.15, 0.2) is 5.65 Å². The quantitative estimate of drug-likeness (QED) is 0.380. The van der Waals surface area contributed by atoms with Gasteiger partial charge in [0.25, 0.3) is 12.3 Å². The van der Waals surface area contributed by atoms with Crippen molar-refractivity contribution in [3.8, 4) is 11.3 Å². The molecule has 0 saturated carbocycles. The zero-order chi connectivity index (χ0) is 22.8. The number of benzene rings is 1. The average molecular weight is 479 g/mol. The van der Waals surface area contributed by atoms with E-state index in [0.29, 0.717) is 46.6 Å². The second-order valence-electron chi connectivity index (χ2n) is 7.05. The fourth-order valence-electron chi connectivity index (χ4n) is 3.26. The maximum atomic E-state index is 13.7. The van der Waals surface area contributed by atoms with Crippen molar-refractivity contribution < 1.29 is 13.6 Å². The van der Waals surface area contributed by atoms with Gasteiger partial charge in [0, 0.05) is 18.7 Å². The maximum absolute atomic E-state index is 13.7. The van der Waals surface area contributed by atoms with Crippen molar-refractivity contribution in [2.24, 2.45) is 0 Å². The molecule has 11 heteroatoms. The fraction of sp³-hybridized carbons (Fsp3) is 0.238. The lowest BCUT2D eigenvalue weighted by Gasteiger charge is -2.09. The monoisotopic (exact) mass is 478 g/mol. The number of rotatable bonds is 7. The minimum absolute atomic E-state index is 0.0664. The van der Waals surface area contributed by atoms with Crippen LogP contribution in [0.5, 0.6) is 0 Å². The molecular formula is C21H18Cl2F2N6O. The summed E-state index contributed by atoms with van der Waals surface area (Å²) in [6, 6.07) is 10.2. The zero-order valence-corrected chi connectivity index (χ0v) is 18.4. The average Bonchev–Trinajstić information content (AvgIpc) is 3.33. The van der Waals surface area contributed by atoms with Gasteiger partial charge in [-0.05, 0) is 19.4 Å². The molecule has 1 aromatic carbocycles. The predicted octanol–water partition coefficient (Wildman–Crippen LogP) is 4.97. The molecule has 4 rings (SSSR count). The molecule has 0 aliphatic rings. The van der Waals surface area contributed by atoms with Gasteiger partial charge in [0.2, 0.25) is 0 Å². The first-order chi connectivity index (χ1) is 15.4. The summed E-state index contributed by atoms with van der Waals surface area (Å²) in [5, 5.41) is 11.7. The van der Waals surface area contributed by atoms with E-state index in [1.807, 2.05) is 6.07 Å². The number of carbonyl (C=O) groups excluding carboxylic acids is 1. The van der Waals surface area contributed by atoms with Crippen LogP contribution in [-0.2, 0) is 6.54 Å². The lowest BCUT2D eigenvalue weighted by molar-refractivity contribution is 0.0953. The SMILES string of the molecule is Cc1nn(CCCNC(=O)c2cnn3c(C(F)F)cc(-c4ccccc4)nc23)c(Cl)c1Cl. The second kappa shape index (κ2) is 9.22. The standard InChI is InChI=1S/C21H18Cl2F2N6O/c1-12-17(22)18(23)30(29-12)9-5-8-26-21(32)14-11-27-31-16(19(24)25)10-15(28-20(14)31)13-6-3-2-4-7-13/h2-4,6-7,10-11,19H,5,8-9H2,1H3,(H,26,32). The van der Waals surface area contributed by atoms with Gasteiger partial charge in [-0.2, -0.15) is 10.2 Å². The first-order valence-corrected chi connectivity index (χ1v) is 10.5. The Labute approximate surface area is 192 Å². The highest BCUT2D eigenvalue weighted by molar-refractivity contribution is 6.41. The van der Waals surface area contributed by atoms with E-state index in [9.17, 15) is 13.6 Å². The van der Waals surface area contributed by atoms with E-state index in [4.69, 9.17) is 23.2 Å². The Morgan fingerprint density at radius 3 is 2.62 bits per heavy atom. The molecule has 0 saturated heterocycles. The molecule has 7 nitrogen and oxygen atoms in total. The lowest BCUT2D eigenvalue weighted by atomic mass is 10.1. The molecule has 0 aliphatic heterocycles. The van der Waals surface area contributed by atoms with Crippen molar-refractivity contribution in [1.82, 2.24) is 29.7 Å². The summed E-state index contributed by atoms with van der Waals surface area (Å²) < 4.78 is 29.9. The Balaban J connectivity index is 1.53. The number of nitrogens with zero attached hydrogens (tertiary/aromatic N) is 5. The van der Waals surface area contributed by atoms with E-state index in [2.05, 4.69) is 20.5 Å². The van der Waals surface area contributed by atoms with E-state index in [1.54, 1.807) is 35.9 Å². The third-order valence-electron chi connectivity index (χ3n) is 4.87. The smallest absolute Gasteiger partial charge is 0.280 e. The van der Waals surface area contributed by atoms with E-state index in [-0.39, 0.29) is 16.9 Å². The van der Waals surface area contributed by atoms with Crippen LogP contribution >= 0.6 is 23.2 Å². The Morgan fingerprint density at radius 2 is 1.97 bits per heavy atom.